The second-order valence-electron chi connectivity index (χ2n) is 8.59. The molecule has 0 saturated carbocycles. The normalized spacial score (nSPS) is 15.7. The number of oxazole rings is 1. The predicted octanol–water partition coefficient (Wildman–Crippen LogP) is 4.96. The molecule has 35 heavy (non-hydrogen) atoms. The van der Waals surface area contributed by atoms with Crippen LogP contribution in [0.15, 0.2) is 69.7 Å². The minimum atomic E-state index is -0.179. The summed E-state index contributed by atoms with van der Waals surface area (Å²) in [5.74, 6) is 3.08. The Hall–Kier alpha value is -4.07. The standard InChI is InChI=1S/C27H27N3O5/c1-32-21-10-8-18(9-11-21)13-23-16-28-26(34-23)20-6-4-12-30(17-20)27(31)25-15-24(29-35-25)19-5-3-7-22(14-19)33-2/h3,5,7-11,14-16,20H,4,6,12-13,17H2,1-2H3. The molecule has 1 fully saturated rings. The molecule has 0 spiro atoms. The maximum atomic E-state index is 13.1. The van der Waals surface area contributed by atoms with Crippen molar-refractivity contribution in [2.24, 2.45) is 0 Å². The number of carbonyl (C=O) groups is 1. The lowest BCUT2D eigenvalue weighted by Crippen LogP contribution is -2.39. The van der Waals surface area contributed by atoms with Gasteiger partial charge in [0.15, 0.2) is 5.89 Å². The number of aromatic nitrogens is 2. The van der Waals surface area contributed by atoms with Crippen molar-refractivity contribution < 1.29 is 23.2 Å². The van der Waals surface area contributed by atoms with E-state index in [9.17, 15) is 4.79 Å². The number of nitrogens with zero attached hydrogens (tertiary/aromatic N) is 3. The molecule has 0 bridgehead atoms. The summed E-state index contributed by atoms with van der Waals surface area (Å²) in [4.78, 5) is 19.5. The van der Waals surface area contributed by atoms with Crippen LogP contribution in [0, 0.1) is 0 Å². The van der Waals surface area contributed by atoms with E-state index in [0.29, 0.717) is 31.1 Å². The number of rotatable bonds is 7. The molecule has 8 nitrogen and oxygen atoms in total. The van der Waals surface area contributed by atoms with Crippen molar-refractivity contribution in [1.29, 1.82) is 0 Å². The average molecular weight is 474 g/mol. The Morgan fingerprint density at radius 2 is 1.91 bits per heavy atom. The first-order chi connectivity index (χ1) is 17.1. The highest BCUT2D eigenvalue weighted by molar-refractivity contribution is 5.92. The third-order valence-electron chi connectivity index (χ3n) is 6.25. The Balaban J connectivity index is 1.24. The predicted molar refractivity (Wildman–Crippen MR) is 129 cm³/mol. The summed E-state index contributed by atoms with van der Waals surface area (Å²) >= 11 is 0. The van der Waals surface area contributed by atoms with Gasteiger partial charge in [0.25, 0.3) is 5.91 Å². The van der Waals surface area contributed by atoms with Crippen LogP contribution in [0.5, 0.6) is 11.5 Å². The van der Waals surface area contributed by atoms with Gasteiger partial charge in [0.05, 0.1) is 26.3 Å². The zero-order chi connectivity index (χ0) is 24.2. The van der Waals surface area contributed by atoms with Gasteiger partial charge in [-0.3, -0.25) is 4.79 Å². The molecule has 8 heteroatoms. The molecule has 1 aliphatic heterocycles. The zero-order valence-electron chi connectivity index (χ0n) is 19.8. The monoisotopic (exact) mass is 473 g/mol. The van der Waals surface area contributed by atoms with Gasteiger partial charge >= 0.3 is 0 Å². The van der Waals surface area contributed by atoms with Gasteiger partial charge in [-0.05, 0) is 42.7 Å². The van der Waals surface area contributed by atoms with E-state index in [4.69, 9.17) is 18.4 Å². The first kappa shape index (κ1) is 22.7. The molecule has 0 radical (unpaired) electrons. The van der Waals surface area contributed by atoms with E-state index >= 15 is 0 Å². The van der Waals surface area contributed by atoms with Crippen LogP contribution in [0.4, 0.5) is 0 Å². The van der Waals surface area contributed by atoms with Crippen molar-refractivity contribution in [2.75, 3.05) is 27.3 Å². The van der Waals surface area contributed by atoms with Crippen LogP contribution in [-0.2, 0) is 6.42 Å². The van der Waals surface area contributed by atoms with Crippen LogP contribution < -0.4 is 9.47 Å². The van der Waals surface area contributed by atoms with Crippen LogP contribution in [-0.4, -0.2) is 48.3 Å². The topological polar surface area (TPSA) is 90.8 Å². The molecule has 4 aromatic rings. The van der Waals surface area contributed by atoms with E-state index in [1.807, 2.05) is 48.5 Å². The molecule has 180 valence electrons. The van der Waals surface area contributed by atoms with Gasteiger partial charge in [0.1, 0.15) is 23.0 Å². The Bertz CT molecular complexity index is 1290. The molecule has 1 aliphatic rings. The Labute approximate surface area is 203 Å². The summed E-state index contributed by atoms with van der Waals surface area (Å²) in [7, 11) is 3.26. The molecule has 1 atom stereocenters. The number of methoxy groups -OCH3 is 2. The third kappa shape index (κ3) is 5.06. The number of hydrogen-bond acceptors (Lipinski definition) is 7. The fourth-order valence-corrected chi connectivity index (χ4v) is 4.35. The van der Waals surface area contributed by atoms with Gasteiger partial charge in [0.2, 0.25) is 5.76 Å². The molecule has 0 N–H and O–H groups in total. The van der Waals surface area contributed by atoms with Crippen LogP contribution in [0.3, 0.4) is 0 Å². The summed E-state index contributed by atoms with van der Waals surface area (Å²) in [5.41, 5.74) is 2.54. The fraction of sp³-hybridized carbons (Fsp3) is 0.296. The van der Waals surface area contributed by atoms with E-state index in [-0.39, 0.29) is 17.6 Å². The number of benzene rings is 2. The van der Waals surface area contributed by atoms with Crippen molar-refractivity contribution >= 4 is 5.91 Å². The first-order valence-electron chi connectivity index (χ1n) is 11.6. The summed E-state index contributed by atoms with van der Waals surface area (Å²) in [6, 6.07) is 17.1. The van der Waals surface area contributed by atoms with E-state index < -0.39 is 0 Å². The van der Waals surface area contributed by atoms with Gasteiger partial charge in [-0.25, -0.2) is 4.98 Å². The van der Waals surface area contributed by atoms with Crippen molar-refractivity contribution in [3.8, 4) is 22.8 Å². The van der Waals surface area contributed by atoms with E-state index in [2.05, 4.69) is 10.1 Å². The quantitative estimate of drug-likeness (QED) is 0.375. The molecule has 5 rings (SSSR count). The Kier molecular flexibility index (Phi) is 6.52. The second kappa shape index (κ2) is 10.0. The molecule has 1 saturated heterocycles. The molecular weight excluding hydrogens is 446 g/mol. The average Bonchev–Trinajstić information content (AvgIpc) is 3.59. The van der Waals surface area contributed by atoms with Crippen LogP contribution in [0.1, 0.15) is 46.5 Å². The maximum absolute atomic E-state index is 13.1. The minimum absolute atomic E-state index is 0.0399. The zero-order valence-corrected chi connectivity index (χ0v) is 19.8. The highest BCUT2D eigenvalue weighted by Crippen LogP contribution is 2.29. The molecule has 3 heterocycles. The number of ether oxygens (including phenoxy) is 2. The van der Waals surface area contributed by atoms with Crippen LogP contribution >= 0.6 is 0 Å². The van der Waals surface area contributed by atoms with Gasteiger partial charge in [0, 0.05) is 31.1 Å². The van der Waals surface area contributed by atoms with Gasteiger partial charge in [-0.1, -0.05) is 29.4 Å². The molecule has 2 aromatic carbocycles. The van der Waals surface area contributed by atoms with E-state index in [0.717, 1.165) is 41.2 Å². The Morgan fingerprint density at radius 1 is 1.09 bits per heavy atom. The fourth-order valence-electron chi connectivity index (χ4n) is 4.35. The van der Waals surface area contributed by atoms with Gasteiger partial charge in [-0.2, -0.15) is 0 Å². The minimum Gasteiger partial charge on any atom is -0.497 e. The number of hydrogen-bond donors (Lipinski definition) is 0. The highest BCUT2D eigenvalue weighted by Gasteiger charge is 2.30. The molecule has 2 aromatic heterocycles. The summed E-state index contributed by atoms with van der Waals surface area (Å²) < 4.78 is 22.0. The largest absolute Gasteiger partial charge is 0.497 e. The number of piperidine rings is 1. The molecule has 1 amide bonds. The van der Waals surface area contributed by atoms with Crippen molar-refractivity contribution in [3.05, 3.63) is 83.8 Å². The summed E-state index contributed by atoms with van der Waals surface area (Å²) in [6.45, 7) is 1.18. The smallest absolute Gasteiger partial charge is 0.292 e. The molecule has 0 aliphatic carbocycles. The lowest BCUT2D eigenvalue weighted by Gasteiger charge is -2.30. The number of likely N-dealkylation sites (tertiary alicyclic amines) is 1. The van der Waals surface area contributed by atoms with Crippen LogP contribution in [0.25, 0.3) is 11.3 Å². The lowest BCUT2D eigenvalue weighted by molar-refractivity contribution is 0.0656. The van der Waals surface area contributed by atoms with E-state index in [1.165, 1.54) is 0 Å². The Morgan fingerprint density at radius 3 is 2.71 bits per heavy atom. The SMILES string of the molecule is COc1ccc(Cc2cnc(C3CCCN(C(=O)c4cc(-c5cccc(OC)c5)no4)C3)o2)cc1. The first-order valence-corrected chi connectivity index (χ1v) is 11.6. The number of carbonyl (C=O) groups excluding carboxylic acids is 1. The maximum Gasteiger partial charge on any atom is 0.292 e. The van der Waals surface area contributed by atoms with Gasteiger partial charge < -0.3 is 23.3 Å². The highest BCUT2D eigenvalue weighted by atomic mass is 16.5. The molecular formula is C27H27N3O5. The second-order valence-corrected chi connectivity index (χ2v) is 8.59. The third-order valence-corrected chi connectivity index (χ3v) is 6.25. The van der Waals surface area contributed by atoms with Crippen molar-refractivity contribution in [1.82, 2.24) is 15.0 Å². The van der Waals surface area contributed by atoms with Crippen LogP contribution in [0.2, 0.25) is 0 Å². The van der Waals surface area contributed by atoms with Crippen molar-refractivity contribution in [2.45, 2.75) is 25.2 Å². The molecule has 1 unspecified atom stereocenters. The number of amides is 1. The van der Waals surface area contributed by atoms with Crippen molar-refractivity contribution in [3.63, 3.8) is 0 Å². The summed E-state index contributed by atoms with van der Waals surface area (Å²) in [6.07, 6.45) is 4.20. The van der Waals surface area contributed by atoms with Gasteiger partial charge in [-0.15, -0.1) is 0 Å². The van der Waals surface area contributed by atoms with E-state index in [1.54, 1.807) is 31.4 Å². The summed E-state index contributed by atoms with van der Waals surface area (Å²) in [5, 5.41) is 4.09. The lowest BCUT2D eigenvalue weighted by atomic mass is 9.97.